The van der Waals surface area contributed by atoms with Crippen LogP contribution in [0.2, 0.25) is 0 Å². The number of aliphatic carboxylic acids is 1. The Hall–Kier alpha value is -2.58. The van der Waals surface area contributed by atoms with Crippen molar-refractivity contribution in [2.45, 2.75) is 112 Å². The van der Waals surface area contributed by atoms with E-state index in [4.69, 9.17) is 20.0 Å². The molecular weight excluding hydrogens is 600 g/mol. The summed E-state index contributed by atoms with van der Waals surface area (Å²) in [6.07, 6.45) is 10.1. The number of rotatable bonds is 4. The molecule has 1 aliphatic heterocycles. The van der Waals surface area contributed by atoms with Crippen LogP contribution in [0.5, 0.6) is 0 Å². The zero-order valence-corrected chi connectivity index (χ0v) is 30.4. The highest BCUT2D eigenvalue weighted by molar-refractivity contribution is 5.75. The van der Waals surface area contributed by atoms with Gasteiger partial charge in [-0.3, -0.25) is 14.8 Å². The quantitative estimate of drug-likeness (QED) is 0.308. The fourth-order valence-electron chi connectivity index (χ4n) is 13.4. The Labute approximate surface area is 286 Å². The van der Waals surface area contributed by atoms with Crippen LogP contribution in [0, 0.1) is 51.2 Å². The third-order valence-electron chi connectivity index (χ3n) is 15.6. The molecule has 8 rings (SSSR count). The third kappa shape index (κ3) is 4.46. The van der Waals surface area contributed by atoms with Crippen LogP contribution < -0.4 is 5.73 Å². The lowest BCUT2D eigenvalue weighted by atomic mass is 9.33. The smallest absolute Gasteiger partial charge is 0.306 e. The molecular formula is C40H58N4O4. The number of hydrogen-bond acceptors (Lipinski definition) is 6. The zero-order valence-electron chi connectivity index (χ0n) is 30.4. The number of ether oxygens (including phenoxy) is 1. The predicted molar refractivity (Wildman–Crippen MR) is 187 cm³/mol. The SMILES string of the molecule is CC1(C)C[C@@H]2C3=C(c4ccoc4CN4CCOCC4)CC4[C@@]5(C)Cc6c(n[nH]c6N)C(C)(C)[C@@H]5CC[C@@]4(C)[C@]3(C)CC[C@@H]2[C@H](C(=O)O)C1. The second-order valence-corrected chi connectivity index (χ2v) is 18.8. The van der Waals surface area contributed by atoms with Gasteiger partial charge < -0.3 is 20.0 Å². The molecule has 0 radical (unpaired) electrons. The number of carbonyl (C=O) groups is 1. The van der Waals surface area contributed by atoms with Gasteiger partial charge in [0.2, 0.25) is 0 Å². The van der Waals surface area contributed by atoms with Gasteiger partial charge in [0.1, 0.15) is 11.6 Å². The molecule has 0 aromatic carbocycles. The number of fused-ring (bicyclic) bond motifs is 8. The second-order valence-electron chi connectivity index (χ2n) is 18.8. The second kappa shape index (κ2) is 10.7. The van der Waals surface area contributed by atoms with Crippen LogP contribution in [-0.2, 0) is 27.9 Å². The Morgan fingerprint density at radius 2 is 1.81 bits per heavy atom. The number of nitrogen functional groups attached to an aromatic ring is 1. The van der Waals surface area contributed by atoms with E-state index < -0.39 is 5.97 Å². The lowest BCUT2D eigenvalue weighted by molar-refractivity contribution is -0.161. The van der Waals surface area contributed by atoms with Crippen molar-refractivity contribution >= 4 is 17.4 Å². The van der Waals surface area contributed by atoms with Crippen molar-refractivity contribution in [3.63, 3.8) is 0 Å². The number of anilines is 1. The molecule has 262 valence electrons. The van der Waals surface area contributed by atoms with E-state index in [1.165, 1.54) is 29.5 Å². The van der Waals surface area contributed by atoms with Crippen LogP contribution in [0.4, 0.5) is 5.82 Å². The van der Waals surface area contributed by atoms with Crippen molar-refractivity contribution < 1.29 is 19.1 Å². The molecule has 4 N–H and O–H groups in total. The molecule has 48 heavy (non-hydrogen) atoms. The molecule has 3 heterocycles. The molecule has 0 amide bonds. The van der Waals surface area contributed by atoms with Crippen LogP contribution >= 0.6 is 0 Å². The summed E-state index contributed by atoms with van der Waals surface area (Å²) in [7, 11) is 0. The number of nitrogens with one attached hydrogen (secondary N) is 1. The summed E-state index contributed by atoms with van der Waals surface area (Å²) in [5.41, 5.74) is 13.3. The van der Waals surface area contributed by atoms with Crippen LogP contribution in [0.3, 0.4) is 0 Å². The topological polar surface area (TPSA) is 118 Å². The van der Waals surface area contributed by atoms with Gasteiger partial charge in [0.15, 0.2) is 0 Å². The first-order valence-electron chi connectivity index (χ1n) is 18.8. The molecule has 2 aromatic rings. The molecule has 0 bridgehead atoms. The summed E-state index contributed by atoms with van der Waals surface area (Å²) in [6, 6.07) is 2.24. The number of aromatic nitrogens is 2. The van der Waals surface area contributed by atoms with E-state index in [9.17, 15) is 9.90 Å². The highest BCUT2D eigenvalue weighted by Gasteiger charge is 2.69. The molecule has 8 atom stereocenters. The lowest BCUT2D eigenvalue weighted by Gasteiger charge is -2.70. The van der Waals surface area contributed by atoms with Crippen molar-refractivity contribution in [3.8, 4) is 0 Å². The van der Waals surface area contributed by atoms with Gasteiger partial charge in [-0.2, -0.15) is 5.10 Å². The number of carboxylic acids is 1. The first kappa shape index (κ1) is 32.6. The summed E-state index contributed by atoms with van der Waals surface area (Å²) >= 11 is 0. The molecule has 4 fully saturated rings. The van der Waals surface area contributed by atoms with Crippen molar-refractivity contribution in [2.24, 2.45) is 51.2 Å². The van der Waals surface area contributed by atoms with Crippen molar-refractivity contribution in [3.05, 3.63) is 40.5 Å². The Morgan fingerprint density at radius 3 is 2.54 bits per heavy atom. The summed E-state index contributed by atoms with van der Waals surface area (Å²) in [5, 5.41) is 18.6. The normalized spacial score (nSPS) is 40.3. The van der Waals surface area contributed by atoms with E-state index in [1.54, 1.807) is 5.57 Å². The number of furan rings is 1. The number of H-pyrrole nitrogens is 1. The Morgan fingerprint density at radius 1 is 1.06 bits per heavy atom. The Balaban J connectivity index is 1.32. The Bertz CT molecular complexity index is 1650. The average Bonchev–Trinajstić information content (AvgIpc) is 3.63. The monoisotopic (exact) mass is 658 g/mol. The van der Waals surface area contributed by atoms with Gasteiger partial charge >= 0.3 is 5.97 Å². The number of nitrogens with two attached hydrogens (primary N) is 1. The van der Waals surface area contributed by atoms with Gasteiger partial charge in [-0.1, -0.05) is 54.0 Å². The van der Waals surface area contributed by atoms with Gasteiger partial charge in [-0.05, 0) is 108 Å². The number of nitrogens with zero attached hydrogens (tertiary/aromatic N) is 2. The molecule has 8 nitrogen and oxygen atoms in total. The molecule has 5 aliphatic carbocycles. The highest BCUT2D eigenvalue weighted by Crippen LogP contribution is 2.76. The maximum absolute atomic E-state index is 12.9. The minimum absolute atomic E-state index is 0.0294. The fourth-order valence-corrected chi connectivity index (χ4v) is 13.4. The summed E-state index contributed by atoms with van der Waals surface area (Å²) in [4.78, 5) is 15.4. The first-order valence-corrected chi connectivity index (χ1v) is 18.8. The van der Waals surface area contributed by atoms with Gasteiger partial charge in [0, 0.05) is 29.6 Å². The van der Waals surface area contributed by atoms with Gasteiger partial charge in [0.05, 0.1) is 37.6 Å². The van der Waals surface area contributed by atoms with Crippen LogP contribution in [0.15, 0.2) is 22.3 Å². The summed E-state index contributed by atoms with van der Waals surface area (Å²) in [6.45, 7) is 21.3. The third-order valence-corrected chi connectivity index (χ3v) is 15.6. The molecule has 1 unspecified atom stereocenters. The summed E-state index contributed by atoms with van der Waals surface area (Å²) < 4.78 is 12.1. The fraction of sp³-hybridized carbons (Fsp3) is 0.750. The maximum atomic E-state index is 12.9. The standard InChI is InChI=1S/C40H58N4O4/c1-36(2)19-26-23(27(20-36)35(45)46)8-11-40(7)32(26)25(24-10-15-48-29(24)22-44-13-16-47-17-14-44)18-31-38(5)21-28-33(42-43-34(28)41)37(3,4)30(38)9-12-39(31,40)6/h10,15,23,26-27,30-31H,8-9,11-14,16-22H2,1-7H3,(H,45,46)(H3,41,42,43)/t23-,26-,27+,30-,31?,38-,39+,40+/m0/s1. The van der Waals surface area contributed by atoms with Gasteiger partial charge in [-0.15, -0.1) is 0 Å². The van der Waals surface area contributed by atoms with E-state index in [0.717, 1.165) is 88.6 Å². The Kier molecular flexibility index (Phi) is 7.28. The molecule has 2 aromatic heterocycles. The van der Waals surface area contributed by atoms with E-state index in [-0.39, 0.29) is 44.8 Å². The first-order chi connectivity index (χ1) is 22.6. The number of allylic oxidation sites excluding steroid dienone is 2. The molecule has 3 saturated carbocycles. The zero-order chi connectivity index (χ0) is 34.0. The largest absolute Gasteiger partial charge is 0.481 e. The van der Waals surface area contributed by atoms with E-state index in [2.05, 4.69) is 64.5 Å². The van der Waals surface area contributed by atoms with Crippen LogP contribution in [-0.4, -0.2) is 52.5 Å². The van der Waals surface area contributed by atoms with E-state index in [1.807, 2.05) is 6.26 Å². The van der Waals surface area contributed by atoms with Crippen molar-refractivity contribution in [2.75, 3.05) is 32.0 Å². The number of morpholine rings is 1. The number of carboxylic acid groups (broad SMARTS) is 1. The minimum atomic E-state index is -0.606. The summed E-state index contributed by atoms with van der Waals surface area (Å²) in [5.74, 6) is 2.25. The predicted octanol–water partition coefficient (Wildman–Crippen LogP) is 7.70. The average molecular weight is 659 g/mol. The van der Waals surface area contributed by atoms with Crippen molar-refractivity contribution in [1.29, 1.82) is 0 Å². The van der Waals surface area contributed by atoms with Crippen molar-refractivity contribution in [1.82, 2.24) is 15.1 Å². The van der Waals surface area contributed by atoms with Gasteiger partial charge in [-0.25, -0.2) is 0 Å². The number of aromatic amines is 1. The molecule has 8 heteroatoms. The van der Waals surface area contributed by atoms with E-state index >= 15 is 0 Å². The molecule has 0 spiro atoms. The van der Waals surface area contributed by atoms with Crippen LogP contribution in [0.1, 0.15) is 116 Å². The minimum Gasteiger partial charge on any atom is -0.481 e. The highest BCUT2D eigenvalue weighted by atomic mass is 16.5. The van der Waals surface area contributed by atoms with E-state index in [0.29, 0.717) is 11.8 Å². The maximum Gasteiger partial charge on any atom is 0.306 e. The molecule has 6 aliphatic rings. The van der Waals surface area contributed by atoms with Crippen LogP contribution in [0.25, 0.3) is 5.57 Å². The van der Waals surface area contributed by atoms with Gasteiger partial charge in [0.25, 0.3) is 0 Å². The number of hydrogen-bond donors (Lipinski definition) is 3. The lowest BCUT2D eigenvalue weighted by Crippen LogP contribution is -2.64. The molecule has 1 saturated heterocycles.